The third kappa shape index (κ3) is 13.9. The molecule has 0 aliphatic carbocycles. The highest BCUT2D eigenvalue weighted by molar-refractivity contribution is 6.25. The molecule has 0 aliphatic rings. The molecule has 4 N–H and O–H groups in total. The average molecular weight is 823 g/mol. The number of aromatic nitrogens is 2. The number of nitrogens with two attached hydrogens (primary N) is 2. The van der Waals surface area contributed by atoms with Crippen molar-refractivity contribution in [2.45, 2.75) is 182 Å². The fraction of sp³-hybridized carbons (Fsp3) is 0.615. The Bertz CT molecular complexity index is 1890. The molecule has 1 aromatic heterocycles. The van der Waals surface area contributed by atoms with Crippen LogP contribution in [0.3, 0.4) is 0 Å². The van der Waals surface area contributed by atoms with Gasteiger partial charge in [0.15, 0.2) is 23.0 Å². The second kappa shape index (κ2) is 26.2. The van der Waals surface area contributed by atoms with Gasteiger partial charge >= 0.3 is 0 Å². The van der Waals surface area contributed by atoms with Gasteiger partial charge in [-0.05, 0) is 72.9 Å². The standard InChI is InChI=1S/C52H78N4O4/c1-5-9-13-17-21-25-29-57-47-33-39-40-34-48(58-30-26-22-18-14-10-6-2)50(60-32-28-24-20-16-12-8-4)36-42(40)52-51(55-45-37-43(53)44(54)38-46(45)56-52)41(39)35-49(47)59-31-27-23-19-15-11-7-3/h33-38H,5-32,53-54H2,1-4H3. The van der Waals surface area contributed by atoms with Crippen molar-refractivity contribution in [3.05, 3.63) is 36.4 Å². The minimum atomic E-state index is 0.493. The maximum atomic E-state index is 6.65. The number of nitrogens with zero attached hydrogens (tertiary/aromatic N) is 2. The van der Waals surface area contributed by atoms with Crippen LogP contribution in [0.5, 0.6) is 23.0 Å². The highest BCUT2D eigenvalue weighted by atomic mass is 16.5. The molecule has 0 saturated heterocycles. The molecule has 0 spiro atoms. The summed E-state index contributed by atoms with van der Waals surface area (Å²) < 4.78 is 26.5. The molecule has 8 heteroatoms. The molecule has 0 saturated carbocycles. The lowest BCUT2D eigenvalue weighted by Crippen LogP contribution is -2.05. The molecular formula is C52H78N4O4. The Morgan fingerprint density at radius 1 is 0.333 bits per heavy atom. The lowest BCUT2D eigenvalue weighted by atomic mass is 9.97. The number of unbranched alkanes of at least 4 members (excludes halogenated alkanes) is 20. The van der Waals surface area contributed by atoms with Gasteiger partial charge in [-0.2, -0.15) is 0 Å². The summed E-state index contributed by atoms with van der Waals surface area (Å²) in [6, 6.07) is 12.3. The van der Waals surface area contributed by atoms with Crippen LogP contribution in [-0.2, 0) is 0 Å². The van der Waals surface area contributed by atoms with Gasteiger partial charge in [-0.25, -0.2) is 9.97 Å². The number of rotatable bonds is 32. The van der Waals surface area contributed by atoms with Crippen molar-refractivity contribution in [1.29, 1.82) is 0 Å². The Hall–Kier alpha value is -4.20. The zero-order valence-corrected chi connectivity index (χ0v) is 37.9. The summed E-state index contributed by atoms with van der Waals surface area (Å²) in [4.78, 5) is 10.5. The first-order valence-corrected chi connectivity index (χ1v) is 24.2. The van der Waals surface area contributed by atoms with Crippen molar-refractivity contribution in [1.82, 2.24) is 9.97 Å². The molecule has 5 aromatic rings. The van der Waals surface area contributed by atoms with E-state index in [1.54, 1.807) is 0 Å². The molecule has 5 rings (SSSR count). The first kappa shape index (κ1) is 46.9. The maximum Gasteiger partial charge on any atom is 0.161 e. The number of fused-ring (bicyclic) bond motifs is 7. The first-order chi connectivity index (χ1) is 29.5. The van der Waals surface area contributed by atoms with Crippen LogP contribution < -0.4 is 30.4 Å². The van der Waals surface area contributed by atoms with Gasteiger partial charge in [0, 0.05) is 10.8 Å². The monoisotopic (exact) mass is 823 g/mol. The van der Waals surface area contributed by atoms with E-state index in [0.29, 0.717) is 48.8 Å². The third-order valence-electron chi connectivity index (χ3n) is 11.9. The Morgan fingerprint density at radius 3 is 0.867 bits per heavy atom. The third-order valence-corrected chi connectivity index (χ3v) is 11.9. The zero-order chi connectivity index (χ0) is 42.4. The van der Waals surface area contributed by atoms with Crippen molar-refractivity contribution in [2.75, 3.05) is 37.9 Å². The number of ether oxygens (including phenoxy) is 4. The van der Waals surface area contributed by atoms with Crippen LogP contribution in [0.1, 0.15) is 182 Å². The second-order valence-electron chi connectivity index (χ2n) is 17.0. The van der Waals surface area contributed by atoms with Gasteiger partial charge in [0.05, 0.1) is 59.9 Å². The second-order valence-corrected chi connectivity index (χ2v) is 17.0. The molecule has 1 heterocycles. The quantitative estimate of drug-likeness (QED) is 0.0191. The minimum absolute atomic E-state index is 0.493. The predicted molar refractivity (Wildman–Crippen MR) is 256 cm³/mol. The zero-order valence-electron chi connectivity index (χ0n) is 37.9. The van der Waals surface area contributed by atoms with Crippen LogP contribution in [0.15, 0.2) is 36.4 Å². The molecule has 0 amide bonds. The molecule has 0 atom stereocenters. The number of benzene rings is 4. The fourth-order valence-electron chi connectivity index (χ4n) is 8.18. The lowest BCUT2D eigenvalue weighted by Gasteiger charge is -2.19. The molecule has 0 fully saturated rings. The first-order valence-electron chi connectivity index (χ1n) is 24.2. The Morgan fingerprint density at radius 2 is 0.583 bits per heavy atom. The van der Waals surface area contributed by atoms with E-state index in [-0.39, 0.29) is 0 Å². The minimum Gasteiger partial charge on any atom is -0.490 e. The predicted octanol–water partition coefficient (Wildman–Crippen LogP) is 15.2. The molecule has 0 radical (unpaired) electrons. The van der Waals surface area contributed by atoms with Crippen LogP contribution in [0.25, 0.3) is 43.6 Å². The Labute approximate surface area is 361 Å². The van der Waals surface area contributed by atoms with Crippen LogP contribution in [0, 0.1) is 0 Å². The van der Waals surface area contributed by atoms with Crippen molar-refractivity contribution < 1.29 is 18.9 Å². The van der Waals surface area contributed by atoms with Crippen LogP contribution in [0.4, 0.5) is 11.4 Å². The summed E-state index contributed by atoms with van der Waals surface area (Å²) in [6.07, 6.45) is 28.8. The van der Waals surface area contributed by atoms with Crippen molar-refractivity contribution in [3.8, 4) is 23.0 Å². The summed E-state index contributed by atoms with van der Waals surface area (Å²) in [5, 5.41) is 3.95. The van der Waals surface area contributed by atoms with E-state index in [0.717, 1.165) is 107 Å². The van der Waals surface area contributed by atoms with Gasteiger partial charge in [0.25, 0.3) is 0 Å². The Balaban J connectivity index is 1.59. The summed E-state index contributed by atoms with van der Waals surface area (Å²) in [7, 11) is 0. The molecule has 60 heavy (non-hydrogen) atoms. The largest absolute Gasteiger partial charge is 0.490 e. The fourth-order valence-corrected chi connectivity index (χ4v) is 8.18. The molecule has 4 aromatic carbocycles. The van der Waals surface area contributed by atoms with E-state index in [2.05, 4.69) is 52.0 Å². The van der Waals surface area contributed by atoms with Crippen molar-refractivity contribution >= 4 is 55.0 Å². The SMILES string of the molecule is CCCCCCCCOc1cc2c3cc(OCCCCCCCC)c(OCCCCCCCC)cc3c3nc4cc(N)c(N)cc4nc3c2cc1OCCCCCCCC. The van der Waals surface area contributed by atoms with Gasteiger partial charge in [-0.15, -0.1) is 0 Å². The van der Waals surface area contributed by atoms with Gasteiger partial charge in [0.1, 0.15) is 0 Å². The number of anilines is 2. The average Bonchev–Trinajstić information content (AvgIpc) is 3.25. The van der Waals surface area contributed by atoms with Gasteiger partial charge in [-0.3, -0.25) is 0 Å². The molecular weight excluding hydrogens is 745 g/mol. The number of hydrogen-bond acceptors (Lipinski definition) is 8. The molecule has 0 aliphatic heterocycles. The van der Waals surface area contributed by atoms with Gasteiger partial charge < -0.3 is 30.4 Å². The van der Waals surface area contributed by atoms with E-state index < -0.39 is 0 Å². The van der Waals surface area contributed by atoms with E-state index >= 15 is 0 Å². The van der Waals surface area contributed by atoms with Crippen LogP contribution in [-0.4, -0.2) is 36.4 Å². The van der Waals surface area contributed by atoms with Gasteiger partial charge in [0.2, 0.25) is 0 Å². The number of hydrogen-bond donors (Lipinski definition) is 2. The summed E-state index contributed by atoms with van der Waals surface area (Å²) >= 11 is 0. The number of nitrogen functional groups attached to an aromatic ring is 2. The highest BCUT2D eigenvalue weighted by Gasteiger charge is 2.20. The Kier molecular flexibility index (Phi) is 20.5. The van der Waals surface area contributed by atoms with Crippen molar-refractivity contribution in [3.63, 3.8) is 0 Å². The van der Waals surface area contributed by atoms with Gasteiger partial charge in [-0.1, -0.05) is 156 Å². The highest BCUT2D eigenvalue weighted by Crippen LogP contribution is 2.44. The summed E-state index contributed by atoms with van der Waals surface area (Å²) in [5.74, 6) is 3.04. The van der Waals surface area contributed by atoms with Crippen LogP contribution >= 0.6 is 0 Å². The van der Waals surface area contributed by atoms with E-state index in [9.17, 15) is 0 Å². The maximum absolute atomic E-state index is 6.65. The van der Waals surface area contributed by atoms with Crippen LogP contribution in [0.2, 0.25) is 0 Å². The summed E-state index contributed by atoms with van der Waals surface area (Å²) in [6.45, 7) is 11.6. The lowest BCUT2D eigenvalue weighted by molar-refractivity contribution is 0.259. The summed E-state index contributed by atoms with van der Waals surface area (Å²) in [5.41, 5.74) is 16.6. The smallest absolute Gasteiger partial charge is 0.161 e. The molecule has 8 nitrogen and oxygen atoms in total. The normalized spacial score (nSPS) is 11.7. The molecule has 0 bridgehead atoms. The van der Waals surface area contributed by atoms with E-state index in [4.69, 9.17) is 40.4 Å². The van der Waals surface area contributed by atoms with Crippen molar-refractivity contribution in [2.24, 2.45) is 0 Å². The molecule has 0 unspecified atom stereocenters. The van der Waals surface area contributed by atoms with E-state index in [1.165, 1.54) is 103 Å². The molecule has 330 valence electrons. The topological polar surface area (TPSA) is 115 Å². The van der Waals surface area contributed by atoms with E-state index in [1.807, 2.05) is 12.1 Å².